The summed E-state index contributed by atoms with van der Waals surface area (Å²) in [6.07, 6.45) is 0.980. The van der Waals surface area contributed by atoms with Crippen LogP contribution in [0.4, 0.5) is 0 Å². The van der Waals surface area contributed by atoms with Crippen LogP contribution in [0, 0.1) is 0 Å². The molecule has 1 atom stereocenters. The van der Waals surface area contributed by atoms with Crippen molar-refractivity contribution >= 4 is 27.5 Å². The van der Waals surface area contributed by atoms with Gasteiger partial charge in [-0.05, 0) is 51.3 Å². The van der Waals surface area contributed by atoms with Crippen LogP contribution in [0.25, 0.3) is 0 Å². The SMILES string of the molecule is CCNC(c1ccc2c(c1)CCO2)c1cccc(Br)c1Cl. The van der Waals surface area contributed by atoms with E-state index in [1.54, 1.807) is 0 Å². The molecule has 1 aliphatic heterocycles. The molecule has 4 heteroatoms. The van der Waals surface area contributed by atoms with Crippen LogP contribution in [0.1, 0.15) is 29.7 Å². The van der Waals surface area contributed by atoms with Crippen molar-refractivity contribution in [1.82, 2.24) is 5.32 Å². The fourth-order valence-electron chi connectivity index (χ4n) is 2.74. The molecule has 1 N–H and O–H groups in total. The van der Waals surface area contributed by atoms with Crippen LogP contribution in [0.3, 0.4) is 0 Å². The van der Waals surface area contributed by atoms with Gasteiger partial charge in [0.15, 0.2) is 0 Å². The largest absolute Gasteiger partial charge is 0.493 e. The fraction of sp³-hybridized carbons (Fsp3) is 0.294. The molecule has 0 spiro atoms. The van der Waals surface area contributed by atoms with Crippen molar-refractivity contribution in [3.8, 4) is 5.75 Å². The van der Waals surface area contributed by atoms with E-state index in [0.717, 1.165) is 40.4 Å². The van der Waals surface area contributed by atoms with Crippen LogP contribution in [-0.2, 0) is 6.42 Å². The van der Waals surface area contributed by atoms with Gasteiger partial charge in [0.05, 0.1) is 17.7 Å². The fourth-order valence-corrected chi connectivity index (χ4v) is 3.36. The Morgan fingerprint density at radius 1 is 1.33 bits per heavy atom. The highest BCUT2D eigenvalue weighted by atomic mass is 79.9. The number of rotatable bonds is 4. The first kappa shape index (κ1) is 14.9. The molecule has 0 bridgehead atoms. The van der Waals surface area contributed by atoms with Crippen LogP contribution in [0.2, 0.25) is 5.02 Å². The standard InChI is InChI=1S/C17H17BrClNO/c1-2-20-17(13-4-3-5-14(18)16(13)19)12-6-7-15-11(10-12)8-9-21-15/h3-7,10,17,20H,2,8-9H2,1H3. The van der Waals surface area contributed by atoms with Gasteiger partial charge in [-0.2, -0.15) is 0 Å². The van der Waals surface area contributed by atoms with E-state index >= 15 is 0 Å². The van der Waals surface area contributed by atoms with Crippen LogP contribution < -0.4 is 10.1 Å². The molecule has 2 nitrogen and oxygen atoms in total. The second kappa shape index (κ2) is 6.39. The molecule has 0 saturated carbocycles. The maximum atomic E-state index is 6.48. The Bertz CT molecular complexity index is 659. The zero-order valence-electron chi connectivity index (χ0n) is 11.8. The number of hydrogen-bond acceptors (Lipinski definition) is 2. The first-order valence-electron chi connectivity index (χ1n) is 7.13. The van der Waals surface area contributed by atoms with Crippen molar-refractivity contribution in [3.63, 3.8) is 0 Å². The number of hydrogen-bond donors (Lipinski definition) is 1. The number of ether oxygens (including phenoxy) is 1. The lowest BCUT2D eigenvalue weighted by atomic mass is 9.96. The number of benzene rings is 2. The monoisotopic (exact) mass is 365 g/mol. The average molecular weight is 367 g/mol. The van der Waals surface area contributed by atoms with Gasteiger partial charge < -0.3 is 10.1 Å². The van der Waals surface area contributed by atoms with Crippen LogP contribution in [0.15, 0.2) is 40.9 Å². The zero-order valence-corrected chi connectivity index (χ0v) is 14.2. The Morgan fingerprint density at radius 2 is 2.19 bits per heavy atom. The Hall–Kier alpha value is -1.03. The van der Waals surface area contributed by atoms with E-state index in [4.69, 9.17) is 16.3 Å². The van der Waals surface area contributed by atoms with Gasteiger partial charge in [0.1, 0.15) is 5.75 Å². The van der Waals surface area contributed by atoms with Crippen LogP contribution in [-0.4, -0.2) is 13.2 Å². The third kappa shape index (κ3) is 2.96. The summed E-state index contributed by atoms with van der Waals surface area (Å²) in [5, 5.41) is 4.29. The summed E-state index contributed by atoms with van der Waals surface area (Å²) in [5.74, 6) is 1.01. The van der Waals surface area contributed by atoms with Gasteiger partial charge in [0.25, 0.3) is 0 Å². The third-order valence-electron chi connectivity index (χ3n) is 3.75. The molecule has 0 aliphatic carbocycles. The molecular weight excluding hydrogens is 350 g/mol. The van der Waals surface area contributed by atoms with E-state index in [9.17, 15) is 0 Å². The van der Waals surface area contributed by atoms with Gasteiger partial charge >= 0.3 is 0 Å². The first-order chi connectivity index (χ1) is 10.2. The van der Waals surface area contributed by atoms with Gasteiger partial charge in [-0.1, -0.05) is 42.8 Å². The highest BCUT2D eigenvalue weighted by Crippen LogP contribution is 2.35. The number of nitrogens with one attached hydrogen (secondary N) is 1. The summed E-state index contributed by atoms with van der Waals surface area (Å²) in [4.78, 5) is 0. The summed E-state index contributed by atoms with van der Waals surface area (Å²) in [7, 11) is 0. The minimum absolute atomic E-state index is 0.0888. The van der Waals surface area contributed by atoms with Crippen molar-refractivity contribution in [1.29, 1.82) is 0 Å². The third-order valence-corrected chi connectivity index (χ3v) is 5.06. The molecular formula is C17H17BrClNO. The minimum atomic E-state index is 0.0888. The summed E-state index contributed by atoms with van der Waals surface area (Å²) in [6.45, 7) is 3.76. The number of halogens is 2. The topological polar surface area (TPSA) is 21.3 Å². The lowest BCUT2D eigenvalue weighted by Gasteiger charge is -2.21. The van der Waals surface area contributed by atoms with E-state index < -0.39 is 0 Å². The van der Waals surface area contributed by atoms with Crippen molar-refractivity contribution in [3.05, 3.63) is 62.6 Å². The smallest absolute Gasteiger partial charge is 0.122 e. The highest BCUT2D eigenvalue weighted by Gasteiger charge is 2.20. The van der Waals surface area contributed by atoms with E-state index in [0.29, 0.717) is 0 Å². The van der Waals surface area contributed by atoms with Crippen molar-refractivity contribution in [2.75, 3.05) is 13.2 Å². The molecule has 0 radical (unpaired) electrons. The maximum absolute atomic E-state index is 6.48. The first-order valence-corrected chi connectivity index (χ1v) is 8.30. The molecule has 21 heavy (non-hydrogen) atoms. The van der Waals surface area contributed by atoms with E-state index in [2.05, 4.69) is 52.4 Å². The van der Waals surface area contributed by atoms with Gasteiger partial charge in [-0.3, -0.25) is 0 Å². The predicted molar refractivity (Wildman–Crippen MR) is 90.3 cm³/mol. The quantitative estimate of drug-likeness (QED) is 0.844. The molecule has 110 valence electrons. The Labute approximate surface area is 138 Å². The van der Waals surface area contributed by atoms with Crippen molar-refractivity contribution < 1.29 is 4.74 Å². The molecule has 1 aliphatic rings. The van der Waals surface area contributed by atoms with E-state index in [1.165, 1.54) is 11.1 Å². The maximum Gasteiger partial charge on any atom is 0.122 e. The molecule has 1 unspecified atom stereocenters. The number of fused-ring (bicyclic) bond motifs is 1. The molecule has 0 aromatic heterocycles. The second-order valence-corrected chi connectivity index (χ2v) is 6.33. The van der Waals surface area contributed by atoms with E-state index in [1.807, 2.05) is 12.1 Å². The highest BCUT2D eigenvalue weighted by molar-refractivity contribution is 9.10. The normalized spacial score (nSPS) is 14.6. The lowest BCUT2D eigenvalue weighted by molar-refractivity contribution is 0.357. The lowest BCUT2D eigenvalue weighted by Crippen LogP contribution is -2.22. The predicted octanol–water partition coefficient (Wildman–Crippen LogP) is 4.74. The summed E-state index contributed by atoms with van der Waals surface area (Å²) < 4.78 is 6.51. The Balaban J connectivity index is 2.03. The molecule has 0 amide bonds. The minimum Gasteiger partial charge on any atom is -0.493 e. The summed E-state index contributed by atoms with van der Waals surface area (Å²) >= 11 is 9.99. The molecule has 0 saturated heterocycles. The molecule has 1 heterocycles. The van der Waals surface area contributed by atoms with Crippen LogP contribution >= 0.6 is 27.5 Å². The molecule has 3 rings (SSSR count). The van der Waals surface area contributed by atoms with Crippen molar-refractivity contribution in [2.45, 2.75) is 19.4 Å². The van der Waals surface area contributed by atoms with Crippen molar-refractivity contribution in [2.24, 2.45) is 0 Å². The molecule has 2 aromatic rings. The second-order valence-electron chi connectivity index (χ2n) is 5.10. The van der Waals surface area contributed by atoms with Crippen LogP contribution in [0.5, 0.6) is 5.75 Å². The average Bonchev–Trinajstić information content (AvgIpc) is 2.95. The summed E-state index contributed by atoms with van der Waals surface area (Å²) in [5.41, 5.74) is 3.59. The van der Waals surface area contributed by atoms with Gasteiger partial charge in [-0.15, -0.1) is 0 Å². The Kier molecular flexibility index (Phi) is 4.53. The Morgan fingerprint density at radius 3 is 3.00 bits per heavy atom. The van der Waals surface area contributed by atoms with E-state index in [-0.39, 0.29) is 6.04 Å². The van der Waals surface area contributed by atoms with Gasteiger partial charge in [0.2, 0.25) is 0 Å². The molecule has 2 aromatic carbocycles. The summed E-state index contributed by atoms with van der Waals surface area (Å²) in [6, 6.07) is 12.6. The van der Waals surface area contributed by atoms with Gasteiger partial charge in [0, 0.05) is 10.9 Å². The zero-order chi connectivity index (χ0) is 14.8. The van der Waals surface area contributed by atoms with Gasteiger partial charge in [-0.25, -0.2) is 0 Å². The molecule has 0 fully saturated rings.